The number of halogens is 4. The van der Waals surface area contributed by atoms with Crippen LogP contribution in [0.15, 0.2) is 40.0 Å². The average molecular weight is 535 g/mol. The molecule has 0 aliphatic carbocycles. The molecule has 0 radical (unpaired) electrons. The lowest BCUT2D eigenvalue weighted by atomic mass is 10.2. The number of anilines is 1. The Bertz CT molecular complexity index is 1190. The van der Waals surface area contributed by atoms with E-state index in [2.05, 4.69) is 31.3 Å². The van der Waals surface area contributed by atoms with Crippen molar-refractivity contribution < 1.29 is 26.3 Å². The second kappa shape index (κ2) is 9.75. The lowest BCUT2D eigenvalue weighted by Crippen LogP contribution is -2.29. The van der Waals surface area contributed by atoms with Gasteiger partial charge in [-0.2, -0.15) is 18.3 Å². The zero-order valence-corrected chi connectivity index (χ0v) is 19.7. The van der Waals surface area contributed by atoms with Gasteiger partial charge in [-0.25, -0.2) is 8.42 Å². The molecule has 0 unspecified atom stereocenters. The van der Waals surface area contributed by atoms with Gasteiger partial charge in [-0.05, 0) is 59.5 Å². The molecule has 1 saturated heterocycles. The zero-order valence-electron chi connectivity index (χ0n) is 17.3. The first-order chi connectivity index (χ1) is 15.1. The van der Waals surface area contributed by atoms with Gasteiger partial charge >= 0.3 is 6.18 Å². The molecule has 0 atom stereocenters. The number of hydrogen-bond donors (Lipinski definition) is 2. The summed E-state index contributed by atoms with van der Waals surface area (Å²) in [5.41, 5.74) is 0.963. The Morgan fingerprint density at radius 1 is 1.25 bits per heavy atom. The number of aryl methyl sites for hydroxylation is 1. The van der Waals surface area contributed by atoms with Gasteiger partial charge < -0.3 is 10.1 Å². The molecular weight excluding hydrogens is 513 g/mol. The third kappa shape index (κ3) is 5.24. The van der Waals surface area contributed by atoms with Crippen molar-refractivity contribution in [3.8, 4) is 0 Å². The molecule has 1 aliphatic rings. The van der Waals surface area contributed by atoms with Crippen LogP contribution in [0.3, 0.4) is 0 Å². The number of ether oxygens (including phenoxy) is 1. The number of rotatable bonds is 3. The number of H-pyrrole nitrogens is 1. The number of aromatic nitrogens is 3. The van der Waals surface area contributed by atoms with Crippen LogP contribution in [-0.2, 0) is 20.8 Å². The fourth-order valence-corrected chi connectivity index (χ4v) is 6.18. The molecule has 1 aromatic carbocycles. The lowest BCUT2D eigenvalue weighted by Gasteiger charge is -2.23. The van der Waals surface area contributed by atoms with Gasteiger partial charge in [0.2, 0.25) is 0 Å². The van der Waals surface area contributed by atoms with Gasteiger partial charge in [0.05, 0.1) is 21.9 Å². The van der Waals surface area contributed by atoms with Gasteiger partial charge in [0.15, 0.2) is 9.84 Å². The highest BCUT2D eigenvalue weighted by Crippen LogP contribution is 2.34. The number of benzene rings is 1. The summed E-state index contributed by atoms with van der Waals surface area (Å²) < 4.78 is 67.1. The summed E-state index contributed by atoms with van der Waals surface area (Å²) in [6, 6.07) is 5.31. The molecule has 1 aliphatic heterocycles. The molecule has 2 N–H and O–H groups in total. The molecule has 0 bridgehead atoms. The summed E-state index contributed by atoms with van der Waals surface area (Å²) in [6.07, 6.45) is -0.381. The van der Waals surface area contributed by atoms with Crippen LogP contribution in [-0.4, -0.2) is 49.1 Å². The second-order valence-corrected chi connectivity index (χ2v) is 10.2. The highest BCUT2D eigenvalue weighted by atomic mass is 79.9. The van der Waals surface area contributed by atoms with Crippen LogP contribution >= 0.6 is 15.9 Å². The third-order valence-corrected chi connectivity index (χ3v) is 8.31. The van der Waals surface area contributed by atoms with Crippen LogP contribution in [0.4, 0.5) is 18.9 Å². The molecule has 0 amide bonds. The van der Waals surface area contributed by atoms with Crippen LogP contribution in [0.25, 0.3) is 10.9 Å². The number of fused-ring (bicyclic) bond motifs is 1. The molecule has 4 rings (SSSR count). The second-order valence-electron chi connectivity index (χ2n) is 7.19. The minimum Gasteiger partial charge on any atom is -0.388 e. The topological polar surface area (TPSA) is 97.0 Å². The summed E-state index contributed by atoms with van der Waals surface area (Å²) in [5.74, 6) is 0. The Labute approximate surface area is 191 Å². The molecule has 3 heterocycles. The Hall–Kier alpha value is -2.18. The van der Waals surface area contributed by atoms with Crippen LogP contribution < -0.4 is 5.32 Å². The highest BCUT2D eigenvalue weighted by molar-refractivity contribution is 9.10. The van der Waals surface area contributed by atoms with E-state index in [1.165, 1.54) is 6.92 Å². The van der Waals surface area contributed by atoms with E-state index in [0.29, 0.717) is 35.4 Å². The van der Waals surface area contributed by atoms with Gasteiger partial charge in [-0.15, -0.1) is 0 Å². The Morgan fingerprint density at radius 2 is 1.94 bits per heavy atom. The van der Waals surface area contributed by atoms with E-state index in [-0.39, 0.29) is 10.8 Å². The fraction of sp³-hybridized carbons (Fsp3) is 0.400. The smallest absolute Gasteiger partial charge is 0.388 e. The Kier molecular flexibility index (Phi) is 7.46. The van der Waals surface area contributed by atoms with Crippen molar-refractivity contribution in [1.29, 1.82) is 0 Å². The van der Waals surface area contributed by atoms with E-state index in [4.69, 9.17) is 4.74 Å². The van der Waals surface area contributed by atoms with Gasteiger partial charge in [-0.3, -0.25) is 10.1 Å². The molecule has 2 aromatic heterocycles. The molecule has 32 heavy (non-hydrogen) atoms. The normalized spacial score (nSPS) is 15.3. The number of alkyl halides is 3. The molecular formula is C20H22BrF3N4O3S. The standard InChI is InChI=1S/C15H17BrN2O3S.C5H5F3N2/c1-17-13-2-5-18-14-9-12(16)15(8-11(13)14)22(19,20)10-3-6-21-7-4-10;1-3-2-9-10-4(3)5(6,7)8/h2,5,8-10H,3-4,6-7H2,1H3,(H,17,18);2H,1H3,(H,9,10). The maximum atomic E-state index is 12.9. The van der Waals surface area contributed by atoms with Crippen molar-refractivity contribution in [3.63, 3.8) is 0 Å². The first-order valence-electron chi connectivity index (χ1n) is 9.70. The Balaban J connectivity index is 0.000000243. The number of aromatic amines is 1. The van der Waals surface area contributed by atoms with Gasteiger partial charge in [0.25, 0.3) is 0 Å². The number of pyridine rings is 1. The summed E-state index contributed by atoms with van der Waals surface area (Å²) >= 11 is 3.40. The van der Waals surface area contributed by atoms with Gasteiger partial charge in [0, 0.05) is 42.0 Å². The van der Waals surface area contributed by atoms with Crippen molar-refractivity contribution in [1.82, 2.24) is 15.2 Å². The van der Waals surface area contributed by atoms with Crippen molar-refractivity contribution in [2.24, 2.45) is 0 Å². The first-order valence-corrected chi connectivity index (χ1v) is 12.0. The molecule has 174 valence electrons. The van der Waals surface area contributed by atoms with Crippen molar-refractivity contribution in [3.05, 3.63) is 46.3 Å². The molecule has 1 fully saturated rings. The minimum absolute atomic E-state index is 0.118. The highest BCUT2D eigenvalue weighted by Gasteiger charge is 2.34. The fourth-order valence-electron chi connectivity index (χ4n) is 3.38. The predicted molar refractivity (Wildman–Crippen MR) is 118 cm³/mol. The van der Waals surface area contributed by atoms with Crippen molar-refractivity contribution in [2.75, 3.05) is 25.6 Å². The largest absolute Gasteiger partial charge is 0.433 e. The Morgan fingerprint density at radius 3 is 2.47 bits per heavy atom. The molecule has 0 spiro atoms. The summed E-state index contributed by atoms with van der Waals surface area (Å²) in [4.78, 5) is 4.63. The van der Waals surface area contributed by atoms with Crippen LogP contribution in [0.2, 0.25) is 0 Å². The molecule has 0 saturated carbocycles. The zero-order chi connectivity index (χ0) is 23.5. The van der Waals surface area contributed by atoms with Crippen LogP contribution in [0.1, 0.15) is 24.1 Å². The molecule has 3 aromatic rings. The lowest BCUT2D eigenvalue weighted by molar-refractivity contribution is -0.141. The monoisotopic (exact) mass is 534 g/mol. The summed E-state index contributed by atoms with van der Waals surface area (Å²) in [5, 5.41) is 8.61. The van der Waals surface area contributed by atoms with Crippen molar-refractivity contribution >= 4 is 42.4 Å². The van der Waals surface area contributed by atoms with E-state index >= 15 is 0 Å². The number of nitrogens with zero attached hydrogens (tertiary/aromatic N) is 2. The van der Waals surface area contributed by atoms with Gasteiger partial charge in [0.1, 0.15) is 5.69 Å². The van der Waals surface area contributed by atoms with E-state index in [9.17, 15) is 21.6 Å². The van der Waals surface area contributed by atoms with E-state index < -0.39 is 21.7 Å². The molecule has 12 heteroatoms. The van der Waals surface area contributed by atoms with Crippen LogP contribution in [0, 0.1) is 6.92 Å². The third-order valence-electron chi connectivity index (χ3n) is 5.09. The SMILES string of the molecule is CNc1ccnc2cc(Br)c(S(=O)(=O)C3CCOCC3)cc12.Cc1cn[nH]c1C(F)(F)F. The minimum atomic E-state index is -4.30. The van der Waals surface area contributed by atoms with E-state index in [0.717, 1.165) is 22.8 Å². The predicted octanol–water partition coefficient (Wildman–Crippen LogP) is 4.73. The summed E-state index contributed by atoms with van der Waals surface area (Å²) in [6.45, 7) is 2.35. The number of hydrogen-bond acceptors (Lipinski definition) is 6. The summed E-state index contributed by atoms with van der Waals surface area (Å²) in [7, 11) is -1.58. The quantitative estimate of drug-likeness (QED) is 0.504. The number of nitrogens with one attached hydrogen (secondary N) is 2. The van der Waals surface area contributed by atoms with Gasteiger partial charge in [-0.1, -0.05) is 0 Å². The average Bonchev–Trinajstić information content (AvgIpc) is 3.20. The van der Waals surface area contributed by atoms with E-state index in [1.54, 1.807) is 18.3 Å². The maximum absolute atomic E-state index is 12.9. The van der Waals surface area contributed by atoms with Crippen LogP contribution in [0.5, 0.6) is 0 Å². The maximum Gasteiger partial charge on any atom is 0.433 e. The van der Waals surface area contributed by atoms with Crippen molar-refractivity contribution in [2.45, 2.75) is 36.1 Å². The van der Waals surface area contributed by atoms with E-state index in [1.807, 2.05) is 18.2 Å². The number of sulfone groups is 1. The molecule has 7 nitrogen and oxygen atoms in total. The first kappa shape index (κ1) is 24.5.